The molecule has 0 spiro atoms. The van der Waals surface area contributed by atoms with E-state index in [1.807, 2.05) is 36.4 Å². The minimum absolute atomic E-state index is 0.275. The van der Waals surface area contributed by atoms with E-state index in [1.165, 1.54) is 6.92 Å². The molecule has 0 bridgehead atoms. The van der Waals surface area contributed by atoms with Gasteiger partial charge in [0.2, 0.25) is 5.60 Å². The van der Waals surface area contributed by atoms with Crippen LogP contribution in [-0.4, -0.2) is 36.0 Å². The Balaban J connectivity index is 2.34. The fourth-order valence-electron chi connectivity index (χ4n) is 3.86. The first-order chi connectivity index (χ1) is 12.1. The number of hydrogen-bond acceptors (Lipinski definition) is 4. The molecule has 2 heterocycles. The second-order valence-electron chi connectivity index (χ2n) is 7.99. The van der Waals surface area contributed by atoms with E-state index < -0.39 is 11.6 Å². The highest BCUT2D eigenvalue weighted by Crippen LogP contribution is 2.52. The van der Waals surface area contributed by atoms with E-state index in [1.54, 1.807) is 7.05 Å². The van der Waals surface area contributed by atoms with Gasteiger partial charge < -0.3 is 9.47 Å². The molecule has 0 fully saturated rings. The molecule has 0 aliphatic carbocycles. The molecule has 2 unspecified atom stereocenters. The number of hydroxylamine groups is 3. The summed E-state index contributed by atoms with van der Waals surface area (Å²) in [6.07, 6.45) is 6.13. The first kappa shape index (κ1) is 19.1. The summed E-state index contributed by atoms with van der Waals surface area (Å²) in [4.78, 5) is 12.2. The molecule has 0 saturated carbocycles. The maximum Gasteiger partial charge on any atom is 0.304 e. The molecule has 6 heteroatoms. The molecule has 1 N–H and O–H groups in total. The van der Waals surface area contributed by atoms with Crippen LogP contribution in [0.4, 0.5) is 0 Å². The molecule has 2 aliphatic heterocycles. The summed E-state index contributed by atoms with van der Waals surface area (Å²) in [6, 6.07) is 5.69. The normalized spacial score (nSPS) is 29.8. The average molecular weight is 423 g/mol. The van der Waals surface area contributed by atoms with Gasteiger partial charge >= 0.3 is 5.97 Å². The smallest absolute Gasteiger partial charge is 0.304 e. The predicted octanol–water partition coefficient (Wildman–Crippen LogP) is 4.31. The highest BCUT2D eigenvalue weighted by atomic mass is 79.9. The van der Waals surface area contributed by atoms with Crippen LogP contribution >= 0.6 is 15.9 Å². The van der Waals surface area contributed by atoms with Crippen LogP contribution < -0.4 is 4.74 Å². The summed E-state index contributed by atoms with van der Waals surface area (Å²) in [7, 11) is 1.71. The Morgan fingerprint density at radius 1 is 1.38 bits per heavy atom. The SMILES string of the molecule is CC(=O)OC1(C2=CC=CC[N+]2(C)O)CC(C)(C)COc2ccc(Br)cc21. The predicted molar refractivity (Wildman–Crippen MR) is 102 cm³/mol. The first-order valence-electron chi connectivity index (χ1n) is 8.64. The van der Waals surface area contributed by atoms with Gasteiger partial charge in [0.25, 0.3) is 0 Å². The monoisotopic (exact) mass is 422 g/mol. The average Bonchev–Trinajstić information content (AvgIpc) is 2.61. The molecule has 5 nitrogen and oxygen atoms in total. The van der Waals surface area contributed by atoms with Gasteiger partial charge in [0.15, 0.2) is 5.70 Å². The van der Waals surface area contributed by atoms with E-state index in [2.05, 4.69) is 29.8 Å². The van der Waals surface area contributed by atoms with Crippen molar-refractivity contribution < 1.29 is 24.1 Å². The zero-order valence-electron chi connectivity index (χ0n) is 15.6. The summed E-state index contributed by atoms with van der Waals surface area (Å²) in [5.74, 6) is 0.263. The van der Waals surface area contributed by atoms with Gasteiger partial charge in [-0.05, 0) is 24.3 Å². The second kappa shape index (κ2) is 6.51. The molecule has 0 radical (unpaired) electrons. The summed E-state index contributed by atoms with van der Waals surface area (Å²) in [6.45, 7) is 6.45. The third kappa shape index (κ3) is 3.46. The van der Waals surface area contributed by atoms with Gasteiger partial charge in [-0.3, -0.25) is 4.79 Å². The molecular weight excluding hydrogens is 398 g/mol. The lowest BCUT2D eigenvalue weighted by Crippen LogP contribution is -2.52. The van der Waals surface area contributed by atoms with Crippen molar-refractivity contribution in [1.29, 1.82) is 0 Å². The molecule has 140 valence electrons. The van der Waals surface area contributed by atoms with Crippen LogP contribution in [0.5, 0.6) is 5.75 Å². The third-order valence-corrected chi connectivity index (χ3v) is 5.32. The number of fused-ring (bicyclic) bond motifs is 1. The second-order valence-corrected chi connectivity index (χ2v) is 8.91. The van der Waals surface area contributed by atoms with Gasteiger partial charge in [-0.15, -0.1) is 4.65 Å². The largest absolute Gasteiger partial charge is 0.493 e. The van der Waals surface area contributed by atoms with Crippen LogP contribution in [0.15, 0.2) is 46.6 Å². The number of carbonyl (C=O) groups excluding carboxylic acids is 1. The highest BCUT2D eigenvalue weighted by Gasteiger charge is 2.55. The standard InChI is InChI=1S/C20H25BrNO4/c1-14(23)26-20(18-7-5-6-10-22(18,4)24)12-19(2,3)13-25-17-9-8-15(21)11-16(17)20/h5-9,11,24H,10,12-13H2,1-4H3/q+1. The van der Waals surface area contributed by atoms with Crippen molar-refractivity contribution in [1.82, 2.24) is 0 Å². The van der Waals surface area contributed by atoms with Gasteiger partial charge in [-0.2, -0.15) is 0 Å². The van der Waals surface area contributed by atoms with Gasteiger partial charge in [0.1, 0.15) is 19.3 Å². The van der Waals surface area contributed by atoms with Crippen molar-refractivity contribution >= 4 is 21.9 Å². The number of ether oxygens (including phenoxy) is 2. The van der Waals surface area contributed by atoms with E-state index >= 15 is 0 Å². The van der Waals surface area contributed by atoms with Crippen LogP contribution in [0.2, 0.25) is 0 Å². The van der Waals surface area contributed by atoms with Crippen molar-refractivity contribution in [3.63, 3.8) is 0 Å². The molecule has 2 atom stereocenters. The number of rotatable bonds is 2. The number of benzene rings is 1. The molecular formula is C20H25BrNO4+. The minimum atomic E-state index is -1.13. The zero-order valence-corrected chi connectivity index (χ0v) is 17.2. The van der Waals surface area contributed by atoms with E-state index in [4.69, 9.17) is 9.47 Å². The topological polar surface area (TPSA) is 55.8 Å². The Morgan fingerprint density at radius 2 is 2.12 bits per heavy atom. The molecule has 1 aromatic carbocycles. The van der Waals surface area contributed by atoms with Crippen LogP contribution in [0, 0.1) is 5.41 Å². The molecule has 3 rings (SSSR count). The Hall–Kier alpha value is -1.63. The Labute approximate surface area is 162 Å². The highest BCUT2D eigenvalue weighted by molar-refractivity contribution is 9.10. The lowest BCUT2D eigenvalue weighted by atomic mass is 9.75. The van der Waals surface area contributed by atoms with E-state index in [0.29, 0.717) is 31.0 Å². The van der Waals surface area contributed by atoms with Crippen molar-refractivity contribution in [2.24, 2.45) is 5.41 Å². The summed E-state index contributed by atoms with van der Waals surface area (Å²) < 4.78 is 12.6. The van der Waals surface area contributed by atoms with Crippen LogP contribution in [0.25, 0.3) is 0 Å². The van der Waals surface area contributed by atoms with E-state index in [9.17, 15) is 10.0 Å². The fraction of sp³-hybridized carbons (Fsp3) is 0.450. The molecule has 0 aromatic heterocycles. The van der Waals surface area contributed by atoms with Crippen molar-refractivity contribution in [3.8, 4) is 5.75 Å². The van der Waals surface area contributed by atoms with Crippen molar-refractivity contribution in [2.45, 2.75) is 32.8 Å². The van der Waals surface area contributed by atoms with Crippen molar-refractivity contribution in [3.05, 3.63) is 52.2 Å². The summed E-state index contributed by atoms with van der Waals surface area (Å²) in [5, 5.41) is 11.1. The van der Waals surface area contributed by atoms with E-state index in [0.717, 1.165) is 10.0 Å². The molecule has 26 heavy (non-hydrogen) atoms. The number of hydrogen-bond donors (Lipinski definition) is 1. The number of likely N-dealkylation sites (N-methyl/N-ethyl adjacent to an activating group) is 1. The minimum Gasteiger partial charge on any atom is -0.493 e. The summed E-state index contributed by atoms with van der Waals surface area (Å²) in [5.41, 5.74) is -0.0389. The van der Waals surface area contributed by atoms with Gasteiger partial charge in [-0.25, -0.2) is 5.21 Å². The zero-order chi connectivity index (χ0) is 19.2. The fourth-order valence-corrected chi connectivity index (χ4v) is 4.22. The van der Waals surface area contributed by atoms with Crippen LogP contribution in [0.3, 0.4) is 0 Å². The first-order valence-corrected chi connectivity index (χ1v) is 9.44. The summed E-state index contributed by atoms with van der Waals surface area (Å²) >= 11 is 3.52. The Bertz CT molecular complexity index is 797. The number of halogens is 1. The maximum absolute atomic E-state index is 12.2. The number of quaternary nitrogens is 1. The lowest BCUT2D eigenvalue weighted by molar-refractivity contribution is -1.06. The molecule has 0 amide bonds. The molecule has 1 aromatic rings. The van der Waals surface area contributed by atoms with E-state index in [-0.39, 0.29) is 10.1 Å². The molecule has 0 saturated heterocycles. The third-order valence-electron chi connectivity index (χ3n) is 4.82. The van der Waals surface area contributed by atoms with Gasteiger partial charge in [0.05, 0.1) is 6.61 Å². The van der Waals surface area contributed by atoms with Gasteiger partial charge in [-0.1, -0.05) is 35.9 Å². The van der Waals surface area contributed by atoms with Crippen molar-refractivity contribution in [2.75, 3.05) is 20.2 Å². The Kier molecular flexibility index (Phi) is 4.80. The van der Waals surface area contributed by atoms with Crippen LogP contribution in [-0.2, 0) is 15.1 Å². The number of allylic oxidation sites excluding steroid dienone is 2. The molecule has 2 aliphatic rings. The lowest BCUT2D eigenvalue weighted by Gasteiger charge is -2.42. The quantitative estimate of drug-likeness (QED) is 0.569. The van der Waals surface area contributed by atoms with Gasteiger partial charge in [0, 0.05) is 34.9 Å². The number of nitrogens with zero attached hydrogens (tertiary/aromatic N) is 1. The number of esters is 1. The number of carbonyl (C=O) groups is 1. The van der Waals surface area contributed by atoms with Crippen LogP contribution in [0.1, 0.15) is 32.8 Å². The maximum atomic E-state index is 12.2. The Morgan fingerprint density at radius 3 is 2.77 bits per heavy atom.